The number of hydrogen-bond acceptors (Lipinski definition) is 5. The summed E-state index contributed by atoms with van der Waals surface area (Å²) in [5.41, 5.74) is 0. The number of hydrogen-bond donors (Lipinski definition) is 2. The van der Waals surface area contributed by atoms with E-state index >= 15 is 0 Å². The van der Waals surface area contributed by atoms with E-state index in [1.807, 2.05) is 25.5 Å². The standard InChI is InChI=1S/C17H32N6O2S.HI/c1-5-26(24)15-8-6-7-14(11-15)20-17(18-9-10-25-4)19-12-16-22-21-13(2)23(16)3;/h14-15H,5-12H2,1-4H3,(H2,18,19,20);1H. The van der Waals surface area contributed by atoms with Gasteiger partial charge in [-0.1, -0.05) is 13.3 Å². The van der Waals surface area contributed by atoms with Crippen molar-refractivity contribution in [2.75, 3.05) is 26.0 Å². The van der Waals surface area contributed by atoms with E-state index in [0.717, 1.165) is 49.0 Å². The van der Waals surface area contributed by atoms with Crippen LogP contribution in [0.25, 0.3) is 0 Å². The lowest BCUT2D eigenvalue weighted by molar-refractivity contribution is 0.203. The normalized spacial score (nSPS) is 21.4. The number of rotatable bonds is 8. The van der Waals surface area contributed by atoms with Crippen LogP contribution in [-0.2, 0) is 29.1 Å². The van der Waals surface area contributed by atoms with Crippen LogP contribution in [0.2, 0.25) is 0 Å². The molecule has 3 unspecified atom stereocenters. The van der Waals surface area contributed by atoms with Gasteiger partial charge in [0.25, 0.3) is 0 Å². The van der Waals surface area contributed by atoms with Crippen LogP contribution in [0.5, 0.6) is 0 Å². The molecule has 0 saturated heterocycles. The molecule has 2 rings (SSSR count). The van der Waals surface area contributed by atoms with Gasteiger partial charge in [-0.2, -0.15) is 0 Å². The first-order chi connectivity index (χ1) is 12.5. The minimum atomic E-state index is -0.731. The third-order valence-electron chi connectivity index (χ3n) is 4.78. The SMILES string of the molecule is CCS(=O)C1CCCC(NC(=NCc2nnc(C)n2C)NCCOC)C1.I. The Labute approximate surface area is 181 Å². The molecule has 1 aromatic rings. The molecule has 0 bridgehead atoms. The number of aromatic nitrogens is 3. The van der Waals surface area contributed by atoms with E-state index in [1.165, 1.54) is 0 Å². The van der Waals surface area contributed by atoms with Gasteiger partial charge in [-0.3, -0.25) is 4.21 Å². The predicted octanol–water partition coefficient (Wildman–Crippen LogP) is 1.50. The summed E-state index contributed by atoms with van der Waals surface area (Å²) >= 11 is 0. The molecule has 1 aromatic heterocycles. The van der Waals surface area contributed by atoms with Gasteiger partial charge in [0.05, 0.1) is 6.61 Å². The average molecular weight is 512 g/mol. The van der Waals surface area contributed by atoms with Crippen molar-refractivity contribution in [2.24, 2.45) is 12.0 Å². The Kier molecular flexibility index (Phi) is 11.4. The summed E-state index contributed by atoms with van der Waals surface area (Å²) in [7, 11) is 2.89. The molecule has 0 aliphatic heterocycles. The number of aliphatic imine (C=N–C) groups is 1. The first-order valence-electron chi connectivity index (χ1n) is 9.31. The van der Waals surface area contributed by atoms with Crippen LogP contribution in [0, 0.1) is 6.92 Å². The summed E-state index contributed by atoms with van der Waals surface area (Å²) in [5.74, 6) is 3.17. The zero-order valence-electron chi connectivity index (χ0n) is 16.7. The molecule has 0 radical (unpaired) electrons. The highest BCUT2D eigenvalue weighted by molar-refractivity contribution is 14.0. The van der Waals surface area contributed by atoms with Gasteiger partial charge in [0.15, 0.2) is 11.8 Å². The van der Waals surface area contributed by atoms with Crippen molar-refractivity contribution in [3.05, 3.63) is 11.6 Å². The van der Waals surface area contributed by atoms with Crippen molar-refractivity contribution in [3.63, 3.8) is 0 Å². The lowest BCUT2D eigenvalue weighted by Gasteiger charge is -2.30. The van der Waals surface area contributed by atoms with Crippen LogP contribution in [0.15, 0.2) is 4.99 Å². The Hall–Kier alpha value is -0.750. The van der Waals surface area contributed by atoms with E-state index in [2.05, 4.69) is 25.8 Å². The van der Waals surface area contributed by atoms with Crippen molar-refractivity contribution < 1.29 is 8.95 Å². The monoisotopic (exact) mass is 512 g/mol. The van der Waals surface area contributed by atoms with Gasteiger partial charge >= 0.3 is 0 Å². The molecule has 1 heterocycles. The van der Waals surface area contributed by atoms with Crippen LogP contribution in [0.4, 0.5) is 0 Å². The second-order valence-electron chi connectivity index (χ2n) is 6.61. The number of halogens is 1. The molecule has 156 valence electrons. The molecule has 8 nitrogen and oxygen atoms in total. The Bertz CT molecular complexity index is 625. The van der Waals surface area contributed by atoms with Gasteiger partial charge in [0.2, 0.25) is 0 Å². The fourth-order valence-electron chi connectivity index (χ4n) is 3.11. The number of guanidine groups is 1. The van der Waals surface area contributed by atoms with Gasteiger partial charge in [0, 0.05) is 48.5 Å². The van der Waals surface area contributed by atoms with Crippen LogP contribution in [0.3, 0.4) is 0 Å². The van der Waals surface area contributed by atoms with E-state index < -0.39 is 10.8 Å². The van der Waals surface area contributed by atoms with Crippen LogP contribution in [-0.4, -0.2) is 62.2 Å². The zero-order valence-corrected chi connectivity index (χ0v) is 19.9. The lowest BCUT2D eigenvalue weighted by atomic mass is 9.95. The minimum Gasteiger partial charge on any atom is -0.383 e. The molecular formula is C17H33IN6O2S. The number of ether oxygens (including phenoxy) is 1. The van der Waals surface area contributed by atoms with Gasteiger partial charge < -0.3 is 19.9 Å². The van der Waals surface area contributed by atoms with Crippen molar-refractivity contribution in [1.82, 2.24) is 25.4 Å². The summed E-state index contributed by atoms with van der Waals surface area (Å²) < 4.78 is 19.2. The van der Waals surface area contributed by atoms with Crippen molar-refractivity contribution in [1.29, 1.82) is 0 Å². The summed E-state index contributed by atoms with van der Waals surface area (Å²) in [6.45, 7) is 5.66. The maximum atomic E-state index is 12.2. The Morgan fingerprint density at radius 3 is 2.81 bits per heavy atom. The molecule has 10 heteroatoms. The first kappa shape index (κ1) is 24.3. The second-order valence-corrected chi connectivity index (χ2v) is 8.61. The molecule has 3 atom stereocenters. The van der Waals surface area contributed by atoms with E-state index in [-0.39, 0.29) is 29.2 Å². The zero-order chi connectivity index (χ0) is 18.9. The van der Waals surface area contributed by atoms with E-state index in [0.29, 0.717) is 25.7 Å². The van der Waals surface area contributed by atoms with E-state index in [4.69, 9.17) is 4.74 Å². The average Bonchev–Trinajstić information content (AvgIpc) is 2.97. The fourth-order valence-corrected chi connectivity index (χ4v) is 4.45. The Morgan fingerprint density at radius 2 is 2.19 bits per heavy atom. The maximum Gasteiger partial charge on any atom is 0.192 e. The fraction of sp³-hybridized carbons (Fsp3) is 0.824. The Balaban J connectivity index is 0.00000364. The van der Waals surface area contributed by atoms with Crippen molar-refractivity contribution in [3.8, 4) is 0 Å². The minimum absolute atomic E-state index is 0. The lowest BCUT2D eigenvalue weighted by Crippen LogP contribution is -2.47. The topological polar surface area (TPSA) is 93.4 Å². The predicted molar refractivity (Wildman–Crippen MR) is 120 cm³/mol. The number of nitrogens with zero attached hydrogens (tertiary/aromatic N) is 4. The molecule has 0 amide bonds. The maximum absolute atomic E-state index is 12.2. The molecule has 2 N–H and O–H groups in total. The van der Waals surface area contributed by atoms with Gasteiger partial charge in [-0.15, -0.1) is 34.2 Å². The first-order valence-corrected chi connectivity index (χ1v) is 10.7. The Morgan fingerprint density at radius 1 is 1.41 bits per heavy atom. The molecule has 1 fully saturated rings. The summed E-state index contributed by atoms with van der Waals surface area (Å²) in [6, 6.07) is 0.291. The molecule has 0 spiro atoms. The van der Waals surface area contributed by atoms with Gasteiger partial charge in [-0.05, 0) is 26.2 Å². The molecule has 1 aliphatic rings. The smallest absolute Gasteiger partial charge is 0.192 e. The van der Waals surface area contributed by atoms with E-state index in [9.17, 15) is 4.21 Å². The molecule has 0 aromatic carbocycles. The molecule has 1 saturated carbocycles. The highest BCUT2D eigenvalue weighted by Crippen LogP contribution is 2.23. The highest BCUT2D eigenvalue weighted by atomic mass is 127. The third kappa shape index (κ3) is 7.65. The summed E-state index contributed by atoms with van der Waals surface area (Å²) in [6.07, 6.45) is 4.16. The largest absolute Gasteiger partial charge is 0.383 e. The second kappa shape index (κ2) is 12.7. The van der Waals surface area contributed by atoms with Crippen molar-refractivity contribution in [2.45, 2.75) is 57.4 Å². The molecule has 1 aliphatic carbocycles. The van der Waals surface area contributed by atoms with Crippen LogP contribution in [0.1, 0.15) is 44.3 Å². The quantitative estimate of drug-likeness (QED) is 0.238. The van der Waals surface area contributed by atoms with Crippen molar-refractivity contribution >= 4 is 40.7 Å². The highest BCUT2D eigenvalue weighted by Gasteiger charge is 2.26. The third-order valence-corrected chi connectivity index (χ3v) is 6.52. The summed E-state index contributed by atoms with van der Waals surface area (Å²) in [5, 5.41) is 15.3. The van der Waals surface area contributed by atoms with Crippen LogP contribution >= 0.6 is 24.0 Å². The molecule has 27 heavy (non-hydrogen) atoms. The number of nitrogens with one attached hydrogen (secondary N) is 2. The van der Waals surface area contributed by atoms with Gasteiger partial charge in [0.1, 0.15) is 12.4 Å². The molecular weight excluding hydrogens is 479 g/mol. The summed E-state index contributed by atoms with van der Waals surface area (Å²) in [4.78, 5) is 4.66. The van der Waals surface area contributed by atoms with E-state index in [1.54, 1.807) is 7.11 Å². The number of aryl methyl sites for hydroxylation is 1. The van der Waals surface area contributed by atoms with Gasteiger partial charge in [-0.25, -0.2) is 4.99 Å². The van der Waals surface area contributed by atoms with Crippen LogP contribution < -0.4 is 10.6 Å². The number of methoxy groups -OCH3 is 1.